The van der Waals surface area contributed by atoms with Gasteiger partial charge in [-0.2, -0.15) is 0 Å². The summed E-state index contributed by atoms with van der Waals surface area (Å²) in [5.41, 5.74) is 0.664. The molecule has 0 fully saturated rings. The zero-order valence-electron chi connectivity index (χ0n) is 12.8. The van der Waals surface area contributed by atoms with Gasteiger partial charge in [-0.25, -0.2) is 4.98 Å². The Hall–Kier alpha value is -2.65. The van der Waals surface area contributed by atoms with Crippen molar-refractivity contribution < 1.29 is 23.8 Å². The van der Waals surface area contributed by atoms with Gasteiger partial charge < -0.3 is 19.5 Å². The Morgan fingerprint density at radius 3 is 2.96 bits per heavy atom. The largest absolute Gasteiger partial charge is 0.454 e. The lowest BCUT2D eigenvalue weighted by Crippen LogP contribution is -2.27. The van der Waals surface area contributed by atoms with E-state index in [2.05, 4.69) is 15.6 Å². The van der Waals surface area contributed by atoms with E-state index in [1.54, 1.807) is 30.7 Å². The number of methoxy groups -OCH3 is 1. The van der Waals surface area contributed by atoms with Crippen molar-refractivity contribution in [3.63, 3.8) is 0 Å². The van der Waals surface area contributed by atoms with Gasteiger partial charge in [-0.05, 0) is 18.2 Å². The highest BCUT2D eigenvalue weighted by Crippen LogP contribution is 2.32. The molecule has 9 heteroatoms. The normalized spacial score (nSPS) is 12.0. The van der Waals surface area contributed by atoms with E-state index >= 15 is 0 Å². The van der Waals surface area contributed by atoms with Crippen LogP contribution in [0.1, 0.15) is 20.8 Å². The van der Waals surface area contributed by atoms with Gasteiger partial charge in [0.15, 0.2) is 16.6 Å². The van der Waals surface area contributed by atoms with Gasteiger partial charge in [-0.3, -0.25) is 14.9 Å². The number of carbonyl (C=O) groups excluding carboxylic acids is 2. The van der Waals surface area contributed by atoms with Crippen molar-refractivity contribution in [1.82, 2.24) is 10.3 Å². The summed E-state index contributed by atoms with van der Waals surface area (Å²) in [7, 11) is 1.55. The third-order valence-electron chi connectivity index (χ3n) is 3.18. The van der Waals surface area contributed by atoms with Crippen molar-refractivity contribution in [1.29, 1.82) is 0 Å². The number of fused-ring (bicyclic) bond motifs is 1. The van der Waals surface area contributed by atoms with Crippen molar-refractivity contribution >= 4 is 28.3 Å². The molecule has 0 saturated carbocycles. The lowest BCUT2D eigenvalue weighted by Gasteiger charge is -2.03. The number of hydrogen-bond acceptors (Lipinski definition) is 7. The van der Waals surface area contributed by atoms with Crippen LogP contribution in [-0.2, 0) is 4.74 Å². The second kappa shape index (κ2) is 7.28. The van der Waals surface area contributed by atoms with Crippen LogP contribution in [0.2, 0.25) is 0 Å². The number of thiazole rings is 1. The molecule has 8 nitrogen and oxygen atoms in total. The fourth-order valence-corrected chi connectivity index (χ4v) is 2.69. The molecule has 1 aliphatic heterocycles. The van der Waals surface area contributed by atoms with Gasteiger partial charge in [-0.15, -0.1) is 11.3 Å². The van der Waals surface area contributed by atoms with Crippen LogP contribution in [0.3, 0.4) is 0 Å². The second-order valence-electron chi connectivity index (χ2n) is 4.81. The third-order valence-corrected chi connectivity index (χ3v) is 3.94. The topological polar surface area (TPSA) is 98.8 Å². The van der Waals surface area contributed by atoms with Crippen LogP contribution in [0.15, 0.2) is 23.6 Å². The summed E-state index contributed by atoms with van der Waals surface area (Å²) in [6, 6.07) is 4.91. The van der Waals surface area contributed by atoms with Gasteiger partial charge in [-0.1, -0.05) is 0 Å². The molecule has 1 aromatic heterocycles. The van der Waals surface area contributed by atoms with E-state index in [9.17, 15) is 9.59 Å². The number of nitrogens with one attached hydrogen (secondary N) is 2. The van der Waals surface area contributed by atoms with Crippen LogP contribution < -0.4 is 20.1 Å². The molecular formula is C15H15N3O5S. The fourth-order valence-electron chi connectivity index (χ4n) is 2.00. The van der Waals surface area contributed by atoms with E-state index < -0.39 is 0 Å². The van der Waals surface area contributed by atoms with Gasteiger partial charge in [0.05, 0.1) is 6.61 Å². The molecule has 0 atom stereocenters. The van der Waals surface area contributed by atoms with E-state index in [0.29, 0.717) is 35.3 Å². The molecule has 2 aromatic rings. The minimum atomic E-state index is -0.339. The summed E-state index contributed by atoms with van der Waals surface area (Å²) in [4.78, 5) is 28.2. The van der Waals surface area contributed by atoms with E-state index in [0.717, 1.165) is 0 Å². The summed E-state index contributed by atoms with van der Waals surface area (Å²) in [5, 5.41) is 7.25. The number of amides is 2. The van der Waals surface area contributed by atoms with Crippen molar-refractivity contribution in [2.45, 2.75) is 0 Å². The zero-order chi connectivity index (χ0) is 16.9. The van der Waals surface area contributed by atoms with Crippen molar-refractivity contribution in [2.75, 3.05) is 32.4 Å². The monoisotopic (exact) mass is 349 g/mol. The Labute approximate surface area is 141 Å². The first kappa shape index (κ1) is 16.2. The summed E-state index contributed by atoms with van der Waals surface area (Å²) >= 11 is 1.17. The molecule has 0 bridgehead atoms. The van der Waals surface area contributed by atoms with Gasteiger partial charge in [0.1, 0.15) is 5.69 Å². The Balaban J connectivity index is 1.62. The minimum absolute atomic E-state index is 0.147. The smallest absolute Gasteiger partial charge is 0.270 e. The molecule has 1 aromatic carbocycles. The number of carbonyl (C=O) groups is 2. The van der Waals surface area contributed by atoms with Crippen LogP contribution in [0, 0.1) is 0 Å². The molecule has 24 heavy (non-hydrogen) atoms. The standard InChI is InChI=1S/C15H15N3O5S/c1-21-5-4-16-14(20)10-7-24-15(17-10)18-13(19)9-2-3-11-12(6-9)23-8-22-11/h2-3,6-7H,4-5,8H2,1H3,(H,16,20)(H,17,18,19). The molecule has 2 N–H and O–H groups in total. The van der Waals surface area contributed by atoms with Gasteiger partial charge >= 0.3 is 0 Å². The summed E-state index contributed by atoms with van der Waals surface area (Å²) in [6.07, 6.45) is 0. The number of aromatic nitrogens is 1. The second-order valence-corrected chi connectivity index (χ2v) is 5.67. The number of anilines is 1. The maximum Gasteiger partial charge on any atom is 0.270 e. The average molecular weight is 349 g/mol. The summed E-state index contributed by atoms with van der Waals surface area (Å²) in [5.74, 6) is 0.483. The molecule has 0 saturated heterocycles. The maximum atomic E-state index is 12.2. The highest BCUT2D eigenvalue weighted by molar-refractivity contribution is 7.14. The van der Waals surface area contributed by atoms with E-state index in [4.69, 9.17) is 14.2 Å². The van der Waals surface area contributed by atoms with Crippen LogP contribution in [0.25, 0.3) is 0 Å². The first-order valence-electron chi connectivity index (χ1n) is 7.11. The number of nitrogens with zero attached hydrogens (tertiary/aromatic N) is 1. The Bertz CT molecular complexity index is 761. The Morgan fingerprint density at radius 1 is 1.29 bits per heavy atom. The Morgan fingerprint density at radius 2 is 2.12 bits per heavy atom. The molecule has 0 aliphatic carbocycles. The maximum absolute atomic E-state index is 12.2. The molecule has 126 valence electrons. The van der Waals surface area contributed by atoms with Crippen molar-refractivity contribution in [3.8, 4) is 11.5 Å². The van der Waals surface area contributed by atoms with E-state index in [-0.39, 0.29) is 24.3 Å². The molecule has 2 heterocycles. The molecule has 0 radical (unpaired) electrons. The van der Waals surface area contributed by atoms with E-state index in [1.165, 1.54) is 11.3 Å². The number of ether oxygens (including phenoxy) is 3. The number of rotatable bonds is 6. The first-order chi connectivity index (χ1) is 11.7. The van der Waals surface area contributed by atoms with Crippen LogP contribution >= 0.6 is 11.3 Å². The average Bonchev–Trinajstić information content (AvgIpc) is 3.23. The molecule has 1 aliphatic rings. The van der Waals surface area contributed by atoms with Crippen molar-refractivity contribution in [3.05, 3.63) is 34.8 Å². The lowest BCUT2D eigenvalue weighted by atomic mass is 10.2. The highest BCUT2D eigenvalue weighted by Gasteiger charge is 2.17. The zero-order valence-corrected chi connectivity index (χ0v) is 13.6. The molecule has 2 amide bonds. The highest BCUT2D eigenvalue weighted by atomic mass is 32.1. The molecule has 0 unspecified atom stereocenters. The minimum Gasteiger partial charge on any atom is -0.454 e. The summed E-state index contributed by atoms with van der Waals surface area (Å²) in [6.45, 7) is 0.962. The summed E-state index contributed by atoms with van der Waals surface area (Å²) < 4.78 is 15.3. The van der Waals surface area contributed by atoms with E-state index in [1.807, 2.05) is 0 Å². The SMILES string of the molecule is COCCNC(=O)c1csc(NC(=O)c2ccc3c(c2)OCO3)n1. The molecule has 3 rings (SSSR count). The van der Waals surface area contributed by atoms with Crippen LogP contribution in [0.5, 0.6) is 11.5 Å². The Kier molecular flexibility index (Phi) is 4.92. The lowest BCUT2D eigenvalue weighted by molar-refractivity contribution is 0.0931. The molecule has 0 spiro atoms. The number of hydrogen-bond donors (Lipinski definition) is 2. The van der Waals surface area contributed by atoms with Gasteiger partial charge in [0.25, 0.3) is 11.8 Å². The first-order valence-corrected chi connectivity index (χ1v) is 7.99. The molecular weight excluding hydrogens is 334 g/mol. The van der Waals surface area contributed by atoms with Crippen LogP contribution in [-0.4, -0.2) is 43.9 Å². The fraction of sp³-hybridized carbons (Fsp3) is 0.267. The predicted molar refractivity (Wildman–Crippen MR) is 86.8 cm³/mol. The van der Waals surface area contributed by atoms with Gasteiger partial charge in [0, 0.05) is 24.6 Å². The number of benzene rings is 1. The quantitative estimate of drug-likeness (QED) is 0.767. The van der Waals surface area contributed by atoms with Gasteiger partial charge in [0.2, 0.25) is 6.79 Å². The predicted octanol–water partition coefficient (Wildman–Crippen LogP) is 1.50. The van der Waals surface area contributed by atoms with Crippen LogP contribution in [0.4, 0.5) is 5.13 Å². The van der Waals surface area contributed by atoms with Crippen molar-refractivity contribution in [2.24, 2.45) is 0 Å². The third kappa shape index (κ3) is 3.63.